The molecular weight excluding hydrogens is 434 g/mol. The maximum absolute atomic E-state index is 11.9. The summed E-state index contributed by atoms with van der Waals surface area (Å²) in [6.45, 7) is 10.7. The van der Waals surface area contributed by atoms with Gasteiger partial charge in [-0.05, 0) is 44.9 Å². The Morgan fingerprint density at radius 3 is 1.26 bits per heavy atom. The summed E-state index contributed by atoms with van der Waals surface area (Å²) in [6.07, 6.45) is 13.3. The van der Waals surface area contributed by atoms with Crippen molar-refractivity contribution < 1.29 is 34.2 Å². The number of carbonyl (C=O) groups is 3. The van der Waals surface area contributed by atoms with Crippen molar-refractivity contribution >= 4 is 17.9 Å². The molecule has 0 saturated heterocycles. The van der Waals surface area contributed by atoms with E-state index in [1.165, 1.54) is 25.7 Å². The van der Waals surface area contributed by atoms with Crippen LogP contribution in [0.4, 0.5) is 0 Å². The number of carboxylic acid groups (broad SMARTS) is 3. The van der Waals surface area contributed by atoms with Crippen molar-refractivity contribution in [1.29, 1.82) is 0 Å². The zero-order valence-corrected chi connectivity index (χ0v) is 21.8. The zero-order chi connectivity index (χ0) is 26.0. The van der Waals surface area contributed by atoms with Gasteiger partial charge in [0.1, 0.15) is 17.8 Å². The monoisotopic (exact) mass is 484 g/mol. The highest BCUT2D eigenvalue weighted by atomic mass is 16.4. The number of hydrogen-bond donors (Lipinski definition) is 3. The Morgan fingerprint density at radius 2 is 0.971 bits per heavy atom. The van der Waals surface area contributed by atoms with Gasteiger partial charge in [0.25, 0.3) is 0 Å². The molecule has 7 nitrogen and oxygen atoms in total. The van der Waals surface area contributed by atoms with Gasteiger partial charge in [-0.25, -0.2) is 0 Å². The first kappa shape index (κ1) is 32.1. The van der Waals surface area contributed by atoms with Crippen LogP contribution < -0.4 is 0 Å². The fraction of sp³-hybridized carbons (Fsp3) is 0.815. The Hall–Kier alpha value is -1.89. The van der Waals surface area contributed by atoms with Crippen molar-refractivity contribution in [3.63, 3.8) is 0 Å². The number of quaternary nitrogens is 1. The largest absolute Gasteiger partial charge is 0.481 e. The van der Waals surface area contributed by atoms with Crippen molar-refractivity contribution in [3.8, 4) is 0 Å². The highest BCUT2D eigenvalue weighted by Gasteiger charge is 2.40. The molecule has 0 aromatic heterocycles. The number of hydrogen-bond acceptors (Lipinski definition) is 3. The van der Waals surface area contributed by atoms with Crippen LogP contribution in [0.2, 0.25) is 0 Å². The molecule has 34 heavy (non-hydrogen) atoms. The first-order chi connectivity index (χ1) is 16.2. The lowest BCUT2D eigenvalue weighted by atomic mass is 9.95. The van der Waals surface area contributed by atoms with Crippen LogP contribution >= 0.6 is 0 Å². The van der Waals surface area contributed by atoms with Crippen molar-refractivity contribution in [2.45, 2.75) is 97.8 Å². The van der Waals surface area contributed by atoms with Crippen molar-refractivity contribution in [2.24, 2.45) is 17.8 Å². The van der Waals surface area contributed by atoms with Gasteiger partial charge >= 0.3 is 17.9 Å². The van der Waals surface area contributed by atoms with Gasteiger partial charge < -0.3 is 19.8 Å². The molecule has 0 bridgehead atoms. The van der Waals surface area contributed by atoms with E-state index in [1.807, 2.05) is 26.8 Å². The van der Waals surface area contributed by atoms with Crippen molar-refractivity contribution in [3.05, 3.63) is 12.7 Å². The molecule has 0 aliphatic carbocycles. The van der Waals surface area contributed by atoms with Crippen LogP contribution in [-0.2, 0) is 14.4 Å². The molecule has 0 aromatic carbocycles. The number of rotatable bonds is 23. The SMILES string of the molecule is C=CCCCCCCCCCC[N+](CC(CC)C(=O)O)(CC(CC)C(=O)O)CC(CC)C(=O)O. The van der Waals surface area contributed by atoms with Crippen molar-refractivity contribution in [1.82, 2.24) is 0 Å². The lowest BCUT2D eigenvalue weighted by Gasteiger charge is -2.43. The zero-order valence-electron chi connectivity index (χ0n) is 21.8. The Kier molecular flexibility index (Phi) is 17.4. The molecule has 0 spiro atoms. The number of nitrogens with zero attached hydrogens (tertiary/aromatic N) is 1. The third-order valence-corrected chi connectivity index (χ3v) is 7.14. The summed E-state index contributed by atoms with van der Waals surface area (Å²) in [6, 6.07) is 0. The molecule has 0 saturated carbocycles. The predicted molar refractivity (Wildman–Crippen MR) is 136 cm³/mol. The van der Waals surface area contributed by atoms with E-state index in [0.717, 1.165) is 32.1 Å². The number of carboxylic acids is 3. The summed E-state index contributed by atoms with van der Waals surface area (Å²) in [5.74, 6) is -4.54. The van der Waals surface area contributed by atoms with E-state index in [2.05, 4.69) is 6.58 Å². The van der Waals surface area contributed by atoms with Crippen LogP contribution in [0.5, 0.6) is 0 Å². The number of aliphatic carboxylic acids is 3. The van der Waals surface area contributed by atoms with E-state index in [1.54, 1.807) is 0 Å². The van der Waals surface area contributed by atoms with Gasteiger partial charge in [-0.3, -0.25) is 14.4 Å². The fourth-order valence-corrected chi connectivity index (χ4v) is 4.84. The molecule has 3 unspecified atom stereocenters. The quantitative estimate of drug-likeness (QED) is 0.0955. The van der Waals surface area contributed by atoms with Crippen LogP contribution in [-0.4, -0.2) is 63.9 Å². The van der Waals surface area contributed by atoms with E-state index in [-0.39, 0.29) is 24.1 Å². The minimum absolute atomic E-state index is 0.252. The second-order valence-corrected chi connectivity index (χ2v) is 9.85. The smallest absolute Gasteiger partial charge is 0.312 e. The van der Waals surface area contributed by atoms with Gasteiger partial charge in [-0.1, -0.05) is 59.0 Å². The highest BCUT2D eigenvalue weighted by molar-refractivity contribution is 5.71. The second kappa shape index (κ2) is 18.4. The summed E-state index contributed by atoms with van der Waals surface area (Å²) in [4.78, 5) is 35.6. The Morgan fingerprint density at radius 1 is 0.647 bits per heavy atom. The first-order valence-corrected chi connectivity index (χ1v) is 13.3. The number of allylic oxidation sites excluding steroid dienone is 1. The van der Waals surface area contributed by atoms with Gasteiger partial charge in [0.2, 0.25) is 0 Å². The molecule has 3 N–H and O–H groups in total. The second-order valence-electron chi connectivity index (χ2n) is 9.85. The van der Waals surface area contributed by atoms with Crippen LogP contribution in [0.15, 0.2) is 12.7 Å². The van der Waals surface area contributed by atoms with E-state index in [9.17, 15) is 29.7 Å². The van der Waals surface area contributed by atoms with Crippen LogP contribution in [0.1, 0.15) is 97.8 Å². The minimum Gasteiger partial charge on any atom is -0.481 e. The summed E-state index contributed by atoms with van der Waals surface area (Å²) in [5.41, 5.74) is 0. The van der Waals surface area contributed by atoms with Gasteiger partial charge in [-0.15, -0.1) is 6.58 Å². The normalized spacial score (nSPS) is 15.7. The Bertz CT molecular complexity index is 546. The molecule has 0 heterocycles. The number of unbranched alkanes of at least 4 members (excludes halogenated alkanes) is 8. The molecule has 0 aliphatic heterocycles. The van der Waals surface area contributed by atoms with E-state index in [4.69, 9.17) is 0 Å². The predicted octanol–water partition coefficient (Wildman–Crippen LogP) is 5.83. The summed E-state index contributed by atoms with van der Waals surface area (Å²) >= 11 is 0. The standard InChI is InChI=1S/C27H49NO6/c1-5-9-10-11-12-13-14-15-16-17-18-28(19-22(6-2)25(29)30,20-23(7-3)26(31)32)21-24(8-4)27(33)34/h5,22-24H,1,6-21H2,2-4H3,(H2-,29,30,31,32,33,34)/p+1. The van der Waals surface area contributed by atoms with Gasteiger partial charge in [-0.2, -0.15) is 0 Å². The lowest BCUT2D eigenvalue weighted by Crippen LogP contribution is -2.58. The average molecular weight is 485 g/mol. The molecule has 0 fully saturated rings. The third-order valence-electron chi connectivity index (χ3n) is 7.14. The molecule has 0 aromatic rings. The molecule has 0 amide bonds. The summed E-state index contributed by atoms with van der Waals surface area (Å²) in [7, 11) is 0. The van der Waals surface area contributed by atoms with Crippen LogP contribution in [0.3, 0.4) is 0 Å². The molecule has 0 aliphatic rings. The van der Waals surface area contributed by atoms with Gasteiger partial charge in [0, 0.05) is 0 Å². The van der Waals surface area contributed by atoms with Gasteiger partial charge in [0.15, 0.2) is 0 Å². The van der Waals surface area contributed by atoms with Crippen LogP contribution in [0.25, 0.3) is 0 Å². The van der Waals surface area contributed by atoms with E-state index >= 15 is 0 Å². The molecular formula is C27H50NO6+. The lowest BCUT2D eigenvalue weighted by molar-refractivity contribution is -0.935. The Labute approximate surface area is 206 Å². The van der Waals surface area contributed by atoms with E-state index < -0.39 is 35.7 Å². The molecule has 0 radical (unpaired) electrons. The van der Waals surface area contributed by atoms with Gasteiger partial charge in [0.05, 0.1) is 26.2 Å². The fourth-order valence-electron chi connectivity index (χ4n) is 4.84. The first-order valence-electron chi connectivity index (χ1n) is 13.3. The molecule has 0 rings (SSSR count). The molecule has 198 valence electrons. The Balaban J connectivity index is 5.40. The topological polar surface area (TPSA) is 112 Å². The molecule has 7 heteroatoms. The molecule has 3 atom stereocenters. The third kappa shape index (κ3) is 13.1. The summed E-state index contributed by atoms with van der Waals surface area (Å²) in [5, 5.41) is 29.2. The summed E-state index contributed by atoms with van der Waals surface area (Å²) < 4.78 is 0.252. The van der Waals surface area contributed by atoms with Crippen LogP contribution in [0, 0.1) is 17.8 Å². The average Bonchev–Trinajstić information content (AvgIpc) is 2.79. The highest BCUT2D eigenvalue weighted by Crippen LogP contribution is 2.25. The maximum Gasteiger partial charge on any atom is 0.312 e. The van der Waals surface area contributed by atoms with E-state index in [0.29, 0.717) is 25.8 Å². The minimum atomic E-state index is -0.895. The maximum atomic E-state index is 11.9. The van der Waals surface area contributed by atoms with Crippen molar-refractivity contribution in [2.75, 3.05) is 26.2 Å².